The Bertz CT molecular complexity index is 578. The number of methoxy groups -OCH3 is 1. The molecule has 1 aromatic carbocycles. The normalized spacial score (nSPS) is 14.5. The predicted molar refractivity (Wildman–Crippen MR) is 125 cm³/mol. The first-order valence-corrected chi connectivity index (χ1v) is 10.1. The Morgan fingerprint density at radius 3 is 2.64 bits per heavy atom. The summed E-state index contributed by atoms with van der Waals surface area (Å²) in [7, 11) is 3.48. The maximum Gasteiger partial charge on any atom is 0.191 e. The highest BCUT2D eigenvalue weighted by Crippen LogP contribution is 2.29. The molecule has 2 rings (SSSR count). The van der Waals surface area contributed by atoms with Crippen LogP contribution < -0.4 is 20.1 Å². The molecule has 1 aromatic rings. The van der Waals surface area contributed by atoms with E-state index >= 15 is 0 Å². The number of hydrogen-bond acceptors (Lipinski definition) is 4. The van der Waals surface area contributed by atoms with Crippen LogP contribution in [0, 0.1) is 0 Å². The average molecular weight is 505 g/mol. The van der Waals surface area contributed by atoms with E-state index in [1.807, 2.05) is 19.1 Å². The van der Waals surface area contributed by atoms with Gasteiger partial charge in [0, 0.05) is 45.0 Å². The number of halogens is 1. The fourth-order valence-corrected chi connectivity index (χ4v) is 3.18. The Kier molecular flexibility index (Phi) is 13.1. The van der Waals surface area contributed by atoms with Gasteiger partial charge in [-0.2, -0.15) is 0 Å². The molecule has 0 atom stereocenters. The van der Waals surface area contributed by atoms with E-state index in [1.165, 1.54) is 12.8 Å². The zero-order chi connectivity index (χ0) is 19.3. The lowest BCUT2D eigenvalue weighted by atomic mass is 10.2. The van der Waals surface area contributed by atoms with Gasteiger partial charge >= 0.3 is 0 Å². The van der Waals surface area contributed by atoms with Gasteiger partial charge in [0.05, 0.1) is 13.2 Å². The van der Waals surface area contributed by atoms with Crippen LogP contribution in [0.15, 0.2) is 23.2 Å². The predicted octanol–water partition coefficient (Wildman–Crippen LogP) is 4.12. The Morgan fingerprint density at radius 2 is 1.96 bits per heavy atom. The number of hydrogen-bond donors (Lipinski definition) is 2. The number of unbranched alkanes of at least 4 members (excludes halogenated alkanes) is 1. The zero-order valence-corrected chi connectivity index (χ0v) is 19.8. The molecule has 2 N–H and O–H groups in total. The number of guanidine groups is 1. The van der Waals surface area contributed by atoms with Crippen LogP contribution in [0.2, 0.25) is 0 Å². The van der Waals surface area contributed by atoms with Gasteiger partial charge < -0.3 is 24.8 Å². The SMILES string of the molecule is CCOCCCCNC(=NC)NCc1ccc(OC)cc1OC1CCCC1.I. The van der Waals surface area contributed by atoms with Crippen molar-refractivity contribution in [2.45, 2.75) is 58.1 Å². The van der Waals surface area contributed by atoms with Crippen molar-refractivity contribution in [3.8, 4) is 11.5 Å². The lowest BCUT2D eigenvalue weighted by Crippen LogP contribution is -2.37. The molecule has 0 bridgehead atoms. The summed E-state index contributed by atoms with van der Waals surface area (Å²) in [6, 6.07) is 6.02. The zero-order valence-electron chi connectivity index (χ0n) is 17.5. The van der Waals surface area contributed by atoms with E-state index in [1.54, 1.807) is 14.2 Å². The number of rotatable bonds is 11. The first-order valence-electron chi connectivity index (χ1n) is 10.1. The smallest absolute Gasteiger partial charge is 0.191 e. The number of nitrogens with zero attached hydrogens (tertiary/aromatic N) is 1. The Hall–Kier alpha value is -1.22. The minimum atomic E-state index is 0. The molecule has 28 heavy (non-hydrogen) atoms. The van der Waals surface area contributed by atoms with Crippen LogP contribution in [0.1, 0.15) is 51.0 Å². The molecule has 0 saturated heterocycles. The van der Waals surface area contributed by atoms with Gasteiger partial charge in [-0.3, -0.25) is 4.99 Å². The third-order valence-electron chi connectivity index (χ3n) is 4.75. The molecule has 0 aliphatic heterocycles. The molecule has 1 saturated carbocycles. The summed E-state index contributed by atoms with van der Waals surface area (Å²) in [5, 5.41) is 6.73. The molecule has 0 aromatic heterocycles. The van der Waals surface area contributed by atoms with E-state index in [-0.39, 0.29) is 24.0 Å². The molecule has 1 aliphatic rings. The third-order valence-corrected chi connectivity index (χ3v) is 4.75. The first-order chi connectivity index (χ1) is 13.3. The van der Waals surface area contributed by atoms with E-state index in [0.717, 1.165) is 68.5 Å². The van der Waals surface area contributed by atoms with Crippen molar-refractivity contribution in [1.29, 1.82) is 0 Å². The number of benzene rings is 1. The molecule has 6 nitrogen and oxygen atoms in total. The summed E-state index contributed by atoms with van der Waals surface area (Å²) in [5.74, 6) is 2.53. The number of aliphatic imine (C=N–C) groups is 1. The van der Waals surface area contributed by atoms with Gasteiger partial charge in [0.2, 0.25) is 0 Å². The van der Waals surface area contributed by atoms with Crippen molar-refractivity contribution in [2.24, 2.45) is 4.99 Å². The number of ether oxygens (including phenoxy) is 3. The summed E-state index contributed by atoms with van der Waals surface area (Å²) in [5.41, 5.74) is 1.11. The van der Waals surface area contributed by atoms with E-state index < -0.39 is 0 Å². The molecule has 7 heteroatoms. The molecule has 0 spiro atoms. The summed E-state index contributed by atoms with van der Waals surface area (Å²) in [6.07, 6.45) is 7.20. The van der Waals surface area contributed by atoms with Gasteiger partial charge in [-0.15, -0.1) is 24.0 Å². The van der Waals surface area contributed by atoms with Crippen molar-refractivity contribution >= 4 is 29.9 Å². The van der Waals surface area contributed by atoms with Crippen LogP contribution in [-0.4, -0.2) is 46.0 Å². The van der Waals surface area contributed by atoms with E-state index in [2.05, 4.69) is 21.7 Å². The maximum absolute atomic E-state index is 6.26. The fraction of sp³-hybridized carbons (Fsp3) is 0.667. The summed E-state index contributed by atoms with van der Waals surface area (Å²) < 4.78 is 17.0. The van der Waals surface area contributed by atoms with Crippen LogP contribution in [0.4, 0.5) is 0 Å². The highest BCUT2D eigenvalue weighted by molar-refractivity contribution is 14.0. The van der Waals surface area contributed by atoms with Gasteiger partial charge in [-0.1, -0.05) is 0 Å². The Labute approximate surface area is 186 Å². The quantitative estimate of drug-likeness (QED) is 0.205. The topological polar surface area (TPSA) is 64.1 Å². The van der Waals surface area contributed by atoms with Gasteiger partial charge in [-0.05, 0) is 57.6 Å². The standard InChI is InChI=1S/C21H35N3O3.HI/c1-4-26-14-8-7-13-23-21(22-2)24-16-17-11-12-19(25-3)15-20(17)27-18-9-5-6-10-18;/h11-12,15,18H,4-10,13-14,16H2,1-3H3,(H2,22,23,24);1H. The molecule has 0 unspecified atom stereocenters. The molecule has 0 heterocycles. The molecular formula is C21H36IN3O3. The number of nitrogens with one attached hydrogen (secondary N) is 2. The molecule has 160 valence electrons. The van der Waals surface area contributed by atoms with Crippen LogP contribution in [0.3, 0.4) is 0 Å². The van der Waals surface area contributed by atoms with E-state index in [4.69, 9.17) is 14.2 Å². The van der Waals surface area contributed by atoms with Crippen molar-refractivity contribution in [2.75, 3.05) is 33.9 Å². The second kappa shape index (κ2) is 14.7. The van der Waals surface area contributed by atoms with Crippen molar-refractivity contribution in [1.82, 2.24) is 10.6 Å². The molecule has 0 amide bonds. The van der Waals surface area contributed by atoms with Crippen molar-refractivity contribution in [3.05, 3.63) is 23.8 Å². The molecular weight excluding hydrogens is 469 g/mol. The largest absolute Gasteiger partial charge is 0.497 e. The van der Waals surface area contributed by atoms with E-state index in [0.29, 0.717) is 12.6 Å². The van der Waals surface area contributed by atoms with Crippen molar-refractivity contribution in [3.63, 3.8) is 0 Å². The van der Waals surface area contributed by atoms with Gasteiger partial charge in [0.15, 0.2) is 5.96 Å². The minimum Gasteiger partial charge on any atom is -0.497 e. The van der Waals surface area contributed by atoms with Crippen LogP contribution in [-0.2, 0) is 11.3 Å². The molecule has 0 radical (unpaired) electrons. The monoisotopic (exact) mass is 505 g/mol. The summed E-state index contributed by atoms with van der Waals surface area (Å²) in [6.45, 7) is 5.15. The van der Waals surface area contributed by atoms with Crippen LogP contribution in [0.5, 0.6) is 11.5 Å². The third kappa shape index (κ3) is 8.86. The van der Waals surface area contributed by atoms with Crippen LogP contribution in [0.25, 0.3) is 0 Å². The van der Waals surface area contributed by atoms with Crippen LogP contribution >= 0.6 is 24.0 Å². The Morgan fingerprint density at radius 1 is 1.18 bits per heavy atom. The van der Waals surface area contributed by atoms with Gasteiger partial charge in [0.25, 0.3) is 0 Å². The Balaban J connectivity index is 0.00000392. The highest BCUT2D eigenvalue weighted by Gasteiger charge is 2.18. The van der Waals surface area contributed by atoms with Gasteiger partial charge in [0.1, 0.15) is 11.5 Å². The average Bonchev–Trinajstić information content (AvgIpc) is 3.20. The fourth-order valence-electron chi connectivity index (χ4n) is 3.18. The van der Waals surface area contributed by atoms with E-state index in [9.17, 15) is 0 Å². The maximum atomic E-state index is 6.26. The highest BCUT2D eigenvalue weighted by atomic mass is 127. The van der Waals surface area contributed by atoms with Gasteiger partial charge in [-0.25, -0.2) is 0 Å². The lowest BCUT2D eigenvalue weighted by Gasteiger charge is -2.19. The minimum absolute atomic E-state index is 0. The molecule has 1 aliphatic carbocycles. The van der Waals surface area contributed by atoms with Crippen molar-refractivity contribution < 1.29 is 14.2 Å². The lowest BCUT2D eigenvalue weighted by molar-refractivity contribution is 0.143. The second-order valence-corrected chi connectivity index (χ2v) is 6.75. The summed E-state index contributed by atoms with van der Waals surface area (Å²) >= 11 is 0. The molecule has 1 fully saturated rings. The first kappa shape index (κ1) is 24.8. The second-order valence-electron chi connectivity index (χ2n) is 6.75. The summed E-state index contributed by atoms with van der Waals surface area (Å²) in [4.78, 5) is 4.30.